The van der Waals surface area contributed by atoms with Crippen LogP contribution >= 0.6 is 12.2 Å². The quantitative estimate of drug-likeness (QED) is 0.744. The van der Waals surface area contributed by atoms with E-state index in [-0.39, 0.29) is 16.4 Å². The van der Waals surface area contributed by atoms with Crippen LogP contribution in [-0.4, -0.2) is 19.6 Å². The van der Waals surface area contributed by atoms with E-state index >= 15 is 0 Å². The van der Waals surface area contributed by atoms with Gasteiger partial charge in [0.05, 0.1) is 4.90 Å². The second-order valence-electron chi connectivity index (χ2n) is 5.76. The van der Waals surface area contributed by atoms with Crippen molar-refractivity contribution in [3.8, 4) is 0 Å². The lowest BCUT2D eigenvalue weighted by molar-refractivity contribution is 0.317. The number of anilines is 1. The first kappa shape index (κ1) is 16.9. The van der Waals surface area contributed by atoms with Gasteiger partial charge in [0.15, 0.2) is 5.11 Å². The Bertz CT molecular complexity index is 575. The van der Waals surface area contributed by atoms with Crippen LogP contribution in [0.1, 0.15) is 27.7 Å². The Kier molecular flexibility index (Phi) is 5.12. The highest BCUT2D eigenvalue weighted by Crippen LogP contribution is 2.19. The van der Waals surface area contributed by atoms with Crippen molar-refractivity contribution in [2.24, 2.45) is 10.6 Å². The molecule has 1 unspecified atom stereocenters. The summed E-state index contributed by atoms with van der Waals surface area (Å²) in [6.07, 6.45) is 0. The number of nitrogens with two attached hydrogens (primary N) is 1. The van der Waals surface area contributed by atoms with Crippen LogP contribution in [-0.2, 0) is 10.0 Å². The first-order valence-corrected chi connectivity index (χ1v) is 8.16. The molecule has 0 aromatic heterocycles. The van der Waals surface area contributed by atoms with Crippen LogP contribution < -0.4 is 15.8 Å². The predicted molar refractivity (Wildman–Crippen MR) is 86.1 cm³/mol. The highest BCUT2D eigenvalue weighted by Gasteiger charge is 2.20. The maximum absolute atomic E-state index is 11.1. The molecule has 0 heterocycles. The molecule has 0 fully saturated rings. The van der Waals surface area contributed by atoms with Crippen LogP contribution in [0.15, 0.2) is 29.2 Å². The van der Waals surface area contributed by atoms with E-state index in [2.05, 4.69) is 38.3 Å². The van der Waals surface area contributed by atoms with E-state index in [1.54, 1.807) is 12.1 Å². The zero-order chi connectivity index (χ0) is 15.6. The minimum Gasteiger partial charge on any atom is -0.359 e. The first-order valence-electron chi connectivity index (χ1n) is 6.20. The van der Waals surface area contributed by atoms with Gasteiger partial charge >= 0.3 is 0 Å². The van der Waals surface area contributed by atoms with Crippen molar-refractivity contribution in [3.05, 3.63) is 24.3 Å². The van der Waals surface area contributed by atoms with Gasteiger partial charge in [-0.25, -0.2) is 13.6 Å². The molecule has 4 N–H and O–H groups in total. The molecular weight excluding hydrogens is 294 g/mol. The van der Waals surface area contributed by atoms with Gasteiger partial charge in [0, 0.05) is 11.7 Å². The highest BCUT2D eigenvalue weighted by molar-refractivity contribution is 7.89. The van der Waals surface area contributed by atoms with E-state index in [1.165, 1.54) is 12.1 Å². The van der Waals surface area contributed by atoms with Crippen molar-refractivity contribution < 1.29 is 8.42 Å². The third kappa shape index (κ3) is 5.07. The molecule has 1 rings (SSSR count). The fourth-order valence-corrected chi connectivity index (χ4v) is 2.12. The average molecular weight is 315 g/mol. The molecule has 0 aliphatic heterocycles. The first-order chi connectivity index (χ1) is 9.00. The Hall–Kier alpha value is -1.18. The second-order valence-corrected chi connectivity index (χ2v) is 7.73. The highest BCUT2D eigenvalue weighted by atomic mass is 32.2. The maximum atomic E-state index is 11.1. The van der Waals surface area contributed by atoms with Crippen molar-refractivity contribution >= 4 is 33.0 Å². The summed E-state index contributed by atoms with van der Waals surface area (Å²) in [7, 11) is -3.66. The van der Waals surface area contributed by atoms with Crippen molar-refractivity contribution in [3.63, 3.8) is 0 Å². The minimum atomic E-state index is -3.66. The topological polar surface area (TPSA) is 84.2 Å². The average Bonchev–Trinajstić information content (AvgIpc) is 2.26. The number of benzene rings is 1. The van der Waals surface area contributed by atoms with Gasteiger partial charge in [-0.15, -0.1) is 0 Å². The molecule has 1 aromatic carbocycles. The lowest BCUT2D eigenvalue weighted by atomic mass is 9.88. The van der Waals surface area contributed by atoms with Crippen LogP contribution in [0.4, 0.5) is 5.69 Å². The molecule has 0 aliphatic carbocycles. The molecule has 20 heavy (non-hydrogen) atoms. The van der Waals surface area contributed by atoms with Crippen LogP contribution in [0.25, 0.3) is 0 Å². The minimum absolute atomic E-state index is 0.0741. The molecule has 5 nitrogen and oxygen atoms in total. The summed E-state index contributed by atoms with van der Waals surface area (Å²) in [4.78, 5) is 0.0741. The van der Waals surface area contributed by atoms with Gasteiger partial charge in [0.25, 0.3) is 0 Å². The summed E-state index contributed by atoms with van der Waals surface area (Å²) in [6.45, 7) is 8.41. The number of hydrogen-bond donors (Lipinski definition) is 3. The van der Waals surface area contributed by atoms with E-state index < -0.39 is 10.0 Å². The monoisotopic (exact) mass is 315 g/mol. The number of nitrogens with one attached hydrogen (secondary N) is 2. The Labute approximate surface area is 126 Å². The molecular formula is C13H21N3O2S2. The van der Waals surface area contributed by atoms with E-state index in [0.717, 1.165) is 0 Å². The smallest absolute Gasteiger partial charge is 0.238 e. The van der Waals surface area contributed by atoms with Crippen molar-refractivity contribution in [2.75, 3.05) is 5.32 Å². The molecule has 1 atom stereocenters. The summed E-state index contributed by atoms with van der Waals surface area (Å²) in [5.74, 6) is 0. The molecule has 0 spiro atoms. The SMILES string of the molecule is CC(NC(=S)Nc1ccc(S(N)(=O)=O)cc1)C(C)(C)C. The molecule has 0 saturated heterocycles. The molecule has 1 aromatic rings. The third-order valence-corrected chi connectivity index (χ3v) is 4.24. The Morgan fingerprint density at radius 3 is 2.15 bits per heavy atom. The van der Waals surface area contributed by atoms with Crippen LogP contribution in [0.5, 0.6) is 0 Å². The van der Waals surface area contributed by atoms with Gasteiger partial charge in [0.2, 0.25) is 10.0 Å². The van der Waals surface area contributed by atoms with Crippen LogP contribution in [0.2, 0.25) is 0 Å². The fourth-order valence-electron chi connectivity index (χ4n) is 1.31. The zero-order valence-corrected chi connectivity index (χ0v) is 13.7. The number of thiocarbonyl (C=S) groups is 1. The molecule has 112 valence electrons. The van der Waals surface area contributed by atoms with Crippen LogP contribution in [0, 0.1) is 5.41 Å². The zero-order valence-electron chi connectivity index (χ0n) is 12.1. The molecule has 0 saturated carbocycles. The summed E-state index contributed by atoms with van der Waals surface area (Å²) >= 11 is 5.22. The van der Waals surface area contributed by atoms with Gasteiger partial charge in [-0.3, -0.25) is 0 Å². The lowest BCUT2D eigenvalue weighted by Gasteiger charge is -2.29. The Balaban J connectivity index is 2.68. The summed E-state index contributed by atoms with van der Waals surface area (Å²) in [6, 6.07) is 6.32. The van der Waals surface area contributed by atoms with E-state index in [9.17, 15) is 8.42 Å². The molecule has 0 bridgehead atoms. The normalized spacial score (nSPS) is 13.7. The van der Waals surface area contributed by atoms with Crippen molar-refractivity contribution in [1.82, 2.24) is 5.32 Å². The second kappa shape index (κ2) is 6.07. The van der Waals surface area contributed by atoms with Crippen LogP contribution in [0.3, 0.4) is 0 Å². The number of hydrogen-bond acceptors (Lipinski definition) is 3. The summed E-state index contributed by atoms with van der Waals surface area (Å²) in [5.41, 5.74) is 0.791. The van der Waals surface area contributed by atoms with E-state index in [1.807, 2.05) is 0 Å². The number of sulfonamides is 1. The predicted octanol–water partition coefficient (Wildman–Crippen LogP) is 2.05. The maximum Gasteiger partial charge on any atom is 0.238 e. The van der Waals surface area contributed by atoms with Crippen molar-refractivity contribution in [2.45, 2.75) is 38.6 Å². The number of rotatable bonds is 3. The fraction of sp³-hybridized carbons (Fsp3) is 0.462. The largest absolute Gasteiger partial charge is 0.359 e. The lowest BCUT2D eigenvalue weighted by Crippen LogP contribution is -2.43. The van der Waals surface area contributed by atoms with Gasteiger partial charge in [-0.1, -0.05) is 20.8 Å². The van der Waals surface area contributed by atoms with Gasteiger partial charge in [0.1, 0.15) is 0 Å². The Morgan fingerprint density at radius 2 is 1.75 bits per heavy atom. The van der Waals surface area contributed by atoms with Gasteiger partial charge in [-0.05, 0) is 48.8 Å². The number of primary sulfonamides is 1. The molecule has 7 heteroatoms. The molecule has 0 amide bonds. The standard InChI is InChI=1S/C13H21N3O2S2/c1-9(13(2,3)4)15-12(19)16-10-5-7-11(8-6-10)20(14,17)18/h5-9H,1-4H3,(H2,14,17,18)(H2,15,16,19). The summed E-state index contributed by atoms with van der Waals surface area (Å²) in [5, 5.41) is 11.7. The third-order valence-electron chi connectivity index (χ3n) is 3.09. The van der Waals surface area contributed by atoms with E-state index in [4.69, 9.17) is 17.4 Å². The van der Waals surface area contributed by atoms with Gasteiger partial charge < -0.3 is 10.6 Å². The van der Waals surface area contributed by atoms with E-state index in [0.29, 0.717) is 10.8 Å². The summed E-state index contributed by atoms with van der Waals surface area (Å²) < 4.78 is 22.3. The van der Waals surface area contributed by atoms with Gasteiger partial charge in [-0.2, -0.15) is 0 Å². The Morgan fingerprint density at radius 1 is 1.25 bits per heavy atom. The molecule has 0 aliphatic rings. The molecule has 0 radical (unpaired) electrons. The van der Waals surface area contributed by atoms with Crippen molar-refractivity contribution in [1.29, 1.82) is 0 Å².